The van der Waals surface area contributed by atoms with Gasteiger partial charge in [-0.1, -0.05) is 13.8 Å². The van der Waals surface area contributed by atoms with Crippen LogP contribution in [-0.2, 0) is 20.5 Å². The minimum Gasteiger partial charge on any atom is -0.336 e. The van der Waals surface area contributed by atoms with E-state index >= 15 is 0 Å². The van der Waals surface area contributed by atoms with Gasteiger partial charge in [0.25, 0.3) is 0 Å². The van der Waals surface area contributed by atoms with E-state index in [2.05, 4.69) is 40.0 Å². The maximum absolute atomic E-state index is 4.51. The highest BCUT2D eigenvalue weighted by molar-refractivity contribution is 5.27. The van der Waals surface area contributed by atoms with Crippen LogP contribution in [0.5, 0.6) is 0 Å². The van der Waals surface area contributed by atoms with Crippen molar-refractivity contribution in [3.05, 3.63) is 35.7 Å². The second-order valence-corrected chi connectivity index (χ2v) is 4.45. The minimum absolute atomic E-state index is 0.110. The predicted octanol–water partition coefficient (Wildman–Crippen LogP) is 1.41. The Kier molecular flexibility index (Phi) is 3.81. The highest BCUT2D eigenvalue weighted by atomic mass is 15.3. The first-order valence-corrected chi connectivity index (χ1v) is 6.40. The van der Waals surface area contributed by atoms with Gasteiger partial charge >= 0.3 is 0 Å². The Morgan fingerprint density at radius 3 is 2.67 bits per heavy atom. The van der Waals surface area contributed by atoms with E-state index in [1.54, 1.807) is 0 Å². The summed E-state index contributed by atoms with van der Waals surface area (Å²) in [6.07, 6.45) is 6.83. The molecule has 5 nitrogen and oxygen atoms in total. The molecule has 0 aliphatic rings. The van der Waals surface area contributed by atoms with Crippen molar-refractivity contribution in [2.24, 2.45) is 14.1 Å². The summed E-state index contributed by atoms with van der Waals surface area (Å²) in [5.41, 5.74) is 2.35. The fraction of sp³-hybridized carbons (Fsp3) is 0.538. The maximum atomic E-state index is 4.51. The molecule has 2 heterocycles. The maximum Gasteiger partial charge on any atom is 0.130 e. The first kappa shape index (κ1) is 12.8. The standard InChI is InChI=1S/C13H21N5/c1-5-11-10(9-18(4)16-11)12(14-6-2)13-15-7-8-17(13)3/h7-9,12,14H,5-6H2,1-4H3. The van der Waals surface area contributed by atoms with Crippen LogP contribution in [0.25, 0.3) is 0 Å². The molecule has 2 rings (SSSR count). The molecule has 0 aliphatic carbocycles. The lowest BCUT2D eigenvalue weighted by atomic mass is 10.1. The molecule has 0 saturated heterocycles. The molecule has 18 heavy (non-hydrogen) atoms. The van der Waals surface area contributed by atoms with Crippen LogP contribution in [0.4, 0.5) is 0 Å². The topological polar surface area (TPSA) is 47.7 Å². The molecule has 2 aromatic rings. The second-order valence-electron chi connectivity index (χ2n) is 4.45. The molecular formula is C13H21N5. The normalized spacial score (nSPS) is 12.9. The number of nitrogens with zero attached hydrogens (tertiary/aromatic N) is 4. The predicted molar refractivity (Wildman–Crippen MR) is 71.3 cm³/mol. The zero-order chi connectivity index (χ0) is 13.1. The number of hydrogen-bond donors (Lipinski definition) is 1. The summed E-state index contributed by atoms with van der Waals surface area (Å²) in [7, 11) is 3.98. The molecule has 1 unspecified atom stereocenters. The minimum atomic E-state index is 0.110. The first-order valence-electron chi connectivity index (χ1n) is 6.40. The van der Waals surface area contributed by atoms with Gasteiger partial charge in [-0.05, 0) is 13.0 Å². The second kappa shape index (κ2) is 5.35. The van der Waals surface area contributed by atoms with E-state index in [1.807, 2.05) is 31.2 Å². The van der Waals surface area contributed by atoms with Gasteiger partial charge in [0.15, 0.2) is 0 Å². The molecule has 0 radical (unpaired) electrons. The number of rotatable bonds is 5. The summed E-state index contributed by atoms with van der Waals surface area (Å²) >= 11 is 0. The van der Waals surface area contributed by atoms with E-state index in [-0.39, 0.29) is 6.04 Å². The third-order valence-electron chi connectivity index (χ3n) is 3.11. The Labute approximate surface area is 108 Å². The van der Waals surface area contributed by atoms with Gasteiger partial charge in [0, 0.05) is 38.2 Å². The number of aromatic nitrogens is 4. The number of nitrogens with one attached hydrogen (secondary N) is 1. The summed E-state index contributed by atoms with van der Waals surface area (Å²) in [6.45, 7) is 5.14. The molecule has 0 bridgehead atoms. The van der Waals surface area contributed by atoms with Gasteiger partial charge in [-0.3, -0.25) is 4.68 Å². The van der Waals surface area contributed by atoms with E-state index < -0.39 is 0 Å². The van der Waals surface area contributed by atoms with Gasteiger partial charge in [-0.15, -0.1) is 0 Å². The van der Waals surface area contributed by atoms with Crippen molar-refractivity contribution in [2.75, 3.05) is 6.54 Å². The van der Waals surface area contributed by atoms with Crippen LogP contribution < -0.4 is 5.32 Å². The lowest BCUT2D eigenvalue weighted by molar-refractivity contribution is 0.573. The van der Waals surface area contributed by atoms with Crippen molar-refractivity contribution in [3.63, 3.8) is 0 Å². The molecule has 0 spiro atoms. The molecule has 98 valence electrons. The average molecular weight is 247 g/mol. The quantitative estimate of drug-likeness (QED) is 0.869. The molecule has 0 aromatic carbocycles. The van der Waals surface area contributed by atoms with Crippen LogP contribution in [0.1, 0.15) is 37.0 Å². The summed E-state index contributed by atoms with van der Waals surface area (Å²) in [5, 5.41) is 8.00. The zero-order valence-corrected chi connectivity index (χ0v) is 11.5. The molecule has 1 N–H and O–H groups in total. The number of imidazole rings is 1. The van der Waals surface area contributed by atoms with Gasteiger partial charge in [0.2, 0.25) is 0 Å². The summed E-state index contributed by atoms with van der Waals surface area (Å²) in [5.74, 6) is 1.03. The van der Waals surface area contributed by atoms with Crippen LogP contribution >= 0.6 is 0 Å². The van der Waals surface area contributed by atoms with Gasteiger partial charge in [0.1, 0.15) is 5.82 Å². The van der Waals surface area contributed by atoms with E-state index in [1.165, 1.54) is 5.56 Å². The molecule has 0 aliphatic heterocycles. The molecule has 2 aromatic heterocycles. The number of aryl methyl sites for hydroxylation is 3. The van der Waals surface area contributed by atoms with Gasteiger partial charge in [-0.25, -0.2) is 4.98 Å². The molecular weight excluding hydrogens is 226 g/mol. The van der Waals surface area contributed by atoms with E-state index in [0.717, 1.165) is 24.5 Å². The highest BCUT2D eigenvalue weighted by Gasteiger charge is 2.21. The van der Waals surface area contributed by atoms with Crippen LogP contribution in [0.3, 0.4) is 0 Å². The Balaban J connectivity index is 2.44. The van der Waals surface area contributed by atoms with E-state index in [0.29, 0.717) is 0 Å². The average Bonchev–Trinajstić information content (AvgIpc) is 2.92. The smallest absolute Gasteiger partial charge is 0.130 e. The Morgan fingerprint density at radius 1 is 1.33 bits per heavy atom. The lowest BCUT2D eigenvalue weighted by Gasteiger charge is -2.17. The van der Waals surface area contributed by atoms with Gasteiger partial charge in [-0.2, -0.15) is 5.10 Å². The van der Waals surface area contributed by atoms with Crippen LogP contribution in [0, 0.1) is 0 Å². The largest absolute Gasteiger partial charge is 0.336 e. The molecule has 1 atom stereocenters. The van der Waals surface area contributed by atoms with Crippen molar-refractivity contribution in [3.8, 4) is 0 Å². The highest BCUT2D eigenvalue weighted by Crippen LogP contribution is 2.23. The fourth-order valence-corrected chi connectivity index (χ4v) is 2.27. The van der Waals surface area contributed by atoms with Crippen LogP contribution in [0.15, 0.2) is 18.6 Å². The third-order valence-corrected chi connectivity index (χ3v) is 3.11. The SMILES string of the molecule is CCNC(c1cn(C)nc1CC)c1nccn1C. The van der Waals surface area contributed by atoms with Crippen molar-refractivity contribution in [1.29, 1.82) is 0 Å². The monoisotopic (exact) mass is 247 g/mol. The number of hydrogen-bond acceptors (Lipinski definition) is 3. The molecule has 0 saturated carbocycles. The van der Waals surface area contributed by atoms with Gasteiger partial charge < -0.3 is 9.88 Å². The third kappa shape index (κ3) is 2.31. The first-order chi connectivity index (χ1) is 8.67. The van der Waals surface area contributed by atoms with Crippen molar-refractivity contribution < 1.29 is 0 Å². The van der Waals surface area contributed by atoms with E-state index in [9.17, 15) is 0 Å². The van der Waals surface area contributed by atoms with Crippen molar-refractivity contribution in [2.45, 2.75) is 26.3 Å². The lowest BCUT2D eigenvalue weighted by Crippen LogP contribution is -2.25. The fourth-order valence-electron chi connectivity index (χ4n) is 2.27. The Morgan fingerprint density at radius 2 is 2.11 bits per heavy atom. The van der Waals surface area contributed by atoms with Crippen molar-refractivity contribution in [1.82, 2.24) is 24.6 Å². The van der Waals surface area contributed by atoms with Crippen molar-refractivity contribution >= 4 is 0 Å². The summed E-state index contributed by atoms with van der Waals surface area (Å²) in [4.78, 5) is 4.46. The van der Waals surface area contributed by atoms with E-state index in [4.69, 9.17) is 0 Å². The Bertz CT molecular complexity index is 511. The summed E-state index contributed by atoms with van der Waals surface area (Å²) < 4.78 is 3.93. The molecule has 0 amide bonds. The Hall–Kier alpha value is -1.62. The summed E-state index contributed by atoms with van der Waals surface area (Å²) in [6, 6.07) is 0.110. The zero-order valence-electron chi connectivity index (χ0n) is 11.5. The molecule has 5 heteroatoms. The van der Waals surface area contributed by atoms with Gasteiger partial charge in [0.05, 0.1) is 11.7 Å². The molecule has 0 fully saturated rings. The van der Waals surface area contributed by atoms with Crippen LogP contribution in [0.2, 0.25) is 0 Å². The van der Waals surface area contributed by atoms with Crippen LogP contribution in [-0.4, -0.2) is 25.9 Å².